The van der Waals surface area contributed by atoms with E-state index in [9.17, 15) is 9.90 Å². The quantitative estimate of drug-likeness (QED) is 0.869. The maximum atomic E-state index is 11.6. The molecule has 2 N–H and O–H groups in total. The van der Waals surface area contributed by atoms with E-state index in [0.717, 1.165) is 12.2 Å². The molecule has 4 nitrogen and oxygen atoms in total. The van der Waals surface area contributed by atoms with Gasteiger partial charge in [0.15, 0.2) is 0 Å². The minimum absolute atomic E-state index is 0.0416. The van der Waals surface area contributed by atoms with Gasteiger partial charge in [0.25, 0.3) is 0 Å². The van der Waals surface area contributed by atoms with E-state index < -0.39 is 11.5 Å². The zero-order valence-electron chi connectivity index (χ0n) is 12.3. The van der Waals surface area contributed by atoms with Crippen molar-refractivity contribution in [2.45, 2.75) is 57.7 Å². The van der Waals surface area contributed by atoms with Crippen molar-refractivity contribution in [2.75, 3.05) is 0 Å². The summed E-state index contributed by atoms with van der Waals surface area (Å²) in [7, 11) is 0. The lowest BCUT2D eigenvalue weighted by molar-refractivity contribution is -0.145. The summed E-state index contributed by atoms with van der Waals surface area (Å²) in [5, 5.41) is 12.7. The van der Waals surface area contributed by atoms with Crippen LogP contribution < -0.4 is 10.1 Å². The Hall–Kier alpha value is -1.55. The molecule has 1 fully saturated rings. The van der Waals surface area contributed by atoms with Gasteiger partial charge in [-0.25, -0.2) is 0 Å². The highest BCUT2D eigenvalue weighted by Gasteiger charge is 2.46. The number of ether oxygens (including phenoxy) is 1. The van der Waals surface area contributed by atoms with Crippen molar-refractivity contribution in [1.82, 2.24) is 5.32 Å². The number of carbonyl (C=O) groups is 1. The number of aryl methyl sites for hydroxylation is 1. The minimum atomic E-state index is -0.844. The first-order valence-corrected chi connectivity index (χ1v) is 7.16. The first-order chi connectivity index (χ1) is 9.41. The van der Waals surface area contributed by atoms with E-state index in [1.165, 1.54) is 5.56 Å². The molecule has 1 aliphatic rings. The molecule has 0 aliphatic heterocycles. The number of aliphatic carboxylic acids is 1. The number of carboxylic acid groups (broad SMARTS) is 1. The second-order valence-corrected chi connectivity index (χ2v) is 5.98. The first-order valence-electron chi connectivity index (χ1n) is 7.16. The summed E-state index contributed by atoms with van der Waals surface area (Å²) in [5.74, 6) is 0.0348. The molecule has 0 bridgehead atoms. The predicted octanol–water partition coefficient (Wildman–Crippen LogP) is 2.75. The van der Waals surface area contributed by atoms with Crippen LogP contribution in [-0.4, -0.2) is 28.8 Å². The van der Waals surface area contributed by atoms with Gasteiger partial charge in [-0.15, -0.1) is 0 Å². The van der Waals surface area contributed by atoms with Crippen LogP contribution in [0.25, 0.3) is 0 Å². The molecule has 1 aromatic rings. The van der Waals surface area contributed by atoms with Crippen LogP contribution in [0.15, 0.2) is 24.3 Å². The second kappa shape index (κ2) is 5.83. The van der Waals surface area contributed by atoms with E-state index in [-0.39, 0.29) is 12.1 Å². The molecule has 0 heterocycles. The molecule has 0 radical (unpaired) electrons. The van der Waals surface area contributed by atoms with Crippen LogP contribution >= 0.6 is 0 Å². The topological polar surface area (TPSA) is 58.6 Å². The van der Waals surface area contributed by atoms with Gasteiger partial charge in [-0.3, -0.25) is 10.1 Å². The summed E-state index contributed by atoms with van der Waals surface area (Å²) in [6.07, 6.45) is 1.84. The number of hydrogen-bond donors (Lipinski definition) is 2. The Kier molecular flexibility index (Phi) is 4.33. The maximum Gasteiger partial charge on any atom is 0.324 e. The average molecular weight is 277 g/mol. The van der Waals surface area contributed by atoms with Crippen LogP contribution in [-0.2, 0) is 4.79 Å². The molecular formula is C16H23NO3. The predicted molar refractivity (Wildman–Crippen MR) is 78.1 cm³/mol. The first kappa shape index (κ1) is 14.9. The van der Waals surface area contributed by atoms with Gasteiger partial charge in [-0.1, -0.05) is 17.7 Å². The van der Waals surface area contributed by atoms with E-state index >= 15 is 0 Å². The van der Waals surface area contributed by atoms with Gasteiger partial charge in [-0.05, 0) is 45.7 Å². The average Bonchev–Trinajstić information content (AvgIpc) is 2.76. The van der Waals surface area contributed by atoms with E-state index in [4.69, 9.17) is 4.74 Å². The molecular weight excluding hydrogens is 254 g/mol. The van der Waals surface area contributed by atoms with Crippen LogP contribution in [0.3, 0.4) is 0 Å². The summed E-state index contributed by atoms with van der Waals surface area (Å²) >= 11 is 0. The fourth-order valence-electron chi connectivity index (χ4n) is 2.85. The number of hydrogen-bond acceptors (Lipinski definition) is 3. The fraction of sp³-hybridized carbons (Fsp3) is 0.562. The van der Waals surface area contributed by atoms with Crippen molar-refractivity contribution in [3.05, 3.63) is 29.8 Å². The van der Waals surface area contributed by atoms with Crippen LogP contribution in [0.2, 0.25) is 0 Å². The van der Waals surface area contributed by atoms with E-state index in [1.807, 2.05) is 45.0 Å². The molecule has 0 saturated heterocycles. The Morgan fingerprint density at radius 3 is 2.60 bits per heavy atom. The maximum absolute atomic E-state index is 11.6. The van der Waals surface area contributed by atoms with Crippen LogP contribution in [0, 0.1) is 6.92 Å². The van der Waals surface area contributed by atoms with Crippen molar-refractivity contribution < 1.29 is 14.6 Å². The van der Waals surface area contributed by atoms with Gasteiger partial charge < -0.3 is 9.84 Å². The lowest BCUT2D eigenvalue weighted by Crippen LogP contribution is -2.53. The second-order valence-electron chi connectivity index (χ2n) is 5.98. The monoisotopic (exact) mass is 277 g/mol. The molecule has 0 aromatic heterocycles. The number of carboxylic acids is 1. The van der Waals surface area contributed by atoms with Gasteiger partial charge in [0.2, 0.25) is 0 Å². The molecule has 0 amide bonds. The fourth-order valence-corrected chi connectivity index (χ4v) is 2.85. The van der Waals surface area contributed by atoms with Crippen molar-refractivity contribution >= 4 is 5.97 Å². The molecule has 1 saturated carbocycles. The number of benzene rings is 1. The lowest BCUT2D eigenvalue weighted by Gasteiger charge is -2.28. The lowest BCUT2D eigenvalue weighted by atomic mass is 9.96. The highest BCUT2D eigenvalue weighted by atomic mass is 16.5. The zero-order valence-corrected chi connectivity index (χ0v) is 12.3. The molecule has 2 rings (SSSR count). The van der Waals surface area contributed by atoms with E-state index in [2.05, 4.69) is 5.32 Å². The third-order valence-electron chi connectivity index (χ3n) is 3.77. The summed E-state index contributed by atoms with van der Waals surface area (Å²) in [5.41, 5.74) is 0.342. The van der Waals surface area contributed by atoms with Crippen LogP contribution in [0.1, 0.15) is 38.7 Å². The third-order valence-corrected chi connectivity index (χ3v) is 3.77. The third kappa shape index (κ3) is 3.31. The Morgan fingerprint density at radius 1 is 1.40 bits per heavy atom. The number of nitrogens with one attached hydrogen (secondary N) is 1. The summed E-state index contributed by atoms with van der Waals surface area (Å²) in [4.78, 5) is 11.6. The molecule has 2 atom stereocenters. The van der Waals surface area contributed by atoms with Crippen molar-refractivity contribution in [3.8, 4) is 5.75 Å². The molecule has 1 aliphatic carbocycles. The van der Waals surface area contributed by atoms with Crippen molar-refractivity contribution in [1.29, 1.82) is 0 Å². The highest BCUT2D eigenvalue weighted by Crippen LogP contribution is 2.33. The van der Waals surface area contributed by atoms with Gasteiger partial charge in [0, 0.05) is 12.5 Å². The SMILES string of the molecule is Cc1ccc(OC2CCC(NC(C)C)(C(=O)O)C2)cc1. The Balaban J connectivity index is 2.03. The molecule has 2 unspecified atom stereocenters. The Bertz CT molecular complexity index is 469. The van der Waals surface area contributed by atoms with Gasteiger partial charge >= 0.3 is 5.97 Å². The molecule has 20 heavy (non-hydrogen) atoms. The van der Waals surface area contributed by atoms with Crippen LogP contribution in [0.4, 0.5) is 0 Å². The molecule has 4 heteroatoms. The smallest absolute Gasteiger partial charge is 0.324 e. The van der Waals surface area contributed by atoms with Crippen molar-refractivity contribution in [2.24, 2.45) is 0 Å². The number of rotatable bonds is 5. The highest BCUT2D eigenvalue weighted by molar-refractivity contribution is 5.79. The Labute approximate surface area is 120 Å². The molecule has 0 spiro atoms. The summed E-state index contributed by atoms with van der Waals surface area (Å²) in [6, 6.07) is 8.02. The summed E-state index contributed by atoms with van der Waals surface area (Å²) < 4.78 is 5.91. The largest absolute Gasteiger partial charge is 0.490 e. The van der Waals surface area contributed by atoms with Gasteiger partial charge in [0.1, 0.15) is 17.4 Å². The van der Waals surface area contributed by atoms with Crippen LogP contribution in [0.5, 0.6) is 5.75 Å². The Morgan fingerprint density at radius 2 is 2.05 bits per heavy atom. The van der Waals surface area contributed by atoms with E-state index in [1.54, 1.807) is 0 Å². The summed E-state index contributed by atoms with van der Waals surface area (Å²) in [6.45, 7) is 5.97. The van der Waals surface area contributed by atoms with Gasteiger partial charge in [0.05, 0.1) is 0 Å². The molecule has 110 valence electrons. The van der Waals surface area contributed by atoms with Gasteiger partial charge in [-0.2, -0.15) is 0 Å². The van der Waals surface area contributed by atoms with E-state index in [0.29, 0.717) is 12.8 Å². The molecule has 1 aromatic carbocycles. The normalized spacial score (nSPS) is 25.9. The van der Waals surface area contributed by atoms with Crippen molar-refractivity contribution in [3.63, 3.8) is 0 Å². The standard InChI is InChI=1S/C16H23NO3/c1-11(2)17-16(15(18)19)9-8-14(10-16)20-13-6-4-12(3)5-7-13/h4-7,11,14,17H,8-10H2,1-3H3,(H,18,19). The minimum Gasteiger partial charge on any atom is -0.490 e. The zero-order chi connectivity index (χ0) is 14.8.